The fraction of sp³-hybridized carbons (Fsp3) is 0.0952. The maximum absolute atomic E-state index is 13.7. The summed E-state index contributed by atoms with van der Waals surface area (Å²) in [5, 5.41) is 2.92. The maximum Gasteiger partial charge on any atom is 0.196 e. The molecule has 234 valence electrons. The van der Waals surface area contributed by atoms with Crippen molar-refractivity contribution in [1.29, 1.82) is 0 Å². The number of fused-ring (bicyclic) bond motifs is 4. The lowest BCUT2D eigenvalue weighted by molar-refractivity contribution is 0.478. The van der Waals surface area contributed by atoms with Crippen LogP contribution < -0.4 is 15.6 Å². The molecule has 6 aromatic carbocycles. The summed E-state index contributed by atoms with van der Waals surface area (Å²) in [5.74, 6) is 1.39. The second-order valence-electron chi connectivity index (χ2n) is 12.2. The fourth-order valence-electron chi connectivity index (χ4n) is 6.27. The van der Waals surface area contributed by atoms with Gasteiger partial charge in [0, 0.05) is 63.6 Å². The third kappa shape index (κ3) is 5.30. The van der Waals surface area contributed by atoms with Crippen LogP contribution in [0.15, 0.2) is 140 Å². The molecule has 1 unspecified atom stereocenters. The molecule has 2 heterocycles. The van der Waals surface area contributed by atoms with Crippen LogP contribution >= 0.6 is 22.7 Å². The zero-order chi connectivity index (χ0) is 33.1. The van der Waals surface area contributed by atoms with Crippen molar-refractivity contribution >= 4 is 73.9 Å². The Labute approximate surface area is 289 Å². The normalized spacial score (nSPS) is 12.2. The summed E-state index contributed by atoms with van der Waals surface area (Å²) in [7, 11) is -0.476. The van der Waals surface area contributed by atoms with Crippen molar-refractivity contribution < 1.29 is 4.74 Å². The third-order valence-electron chi connectivity index (χ3n) is 8.81. The Balaban J connectivity index is 1.25. The summed E-state index contributed by atoms with van der Waals surface area (Å²) >= 11 is 3.28. The molecule has 0 N–H and O–H groups in total. The number of rotatable bonds is 5. The van der Waals surface area contributed by atoms with Crippen molar-refractivity contribution in [3.8, 4) is 11.5 Å². The highest BCUT2D eigenvalue weighted by Gasteiger charge is 2.33. The molecule has 48 heavy (non-hydrogen) atoms. The van der Waals surface area contributed by atoms with Crippen molar-refractivity contribution in [1.82, 2.24) is 0 Å². The zero-order valence-electron chi connectivity index (χ0n) is 26.9. The largest absolute Gasteiger partial charge is 0.457 e. The first kappa shape index (κ1) is 30.6. The fourth-order valence-corrected chi connectivity index (χ4v) is 10.9. The molecule has 6 heteroatoms. The molecular formula is C42H31O3S3+. The van der Waals surface area contributed by atoms with E-state index in [0.717, 1.165) is 56.7 Å². The van der Waals surface area contributed by atoms with Crippen molar-refractivity contribution in [3.05, 3.63) is 158 Å². The summed E-state index contributed by atoms with van der Waals surface area (Å²) in [5.41, 5.74) is 4.61. The Bertz CT molecular complexity index is 2700. The lowest BCUT2D eigenvalue weighted by Gasteiger charge is -2.16. The van der Waals surface area contributed by atoms with E-state index in [-0.39, 0.29) is 10.9 Å². The van der Waals surface area contributed by atoms with E-state index in [9.17, 15) is 9.59 Å². The molecule has 8 aromatic rings. The van der Waals surface area contributed by atoms with Crippen molar-refractivity contribution in [2.45, 2.75) is 42.4 Å². The molecule has 0 aliphatic carbocycles. The van der Waals surface area contributed by atoms with Gasteiger partial charge in [0.1, 0.15) is 11.5 Å². The van der Waals surface area contributed by atoms with Gasteiger partial charge in [0.05, 0.1) is 10.9 Å². The molecular weight excluding hydrogens is 649 g/mol. The van der Waals surface area contributed by atoms with Gasteiger partial charge in [0.2, 0.25) is 0 Å². The van der Waals surface area contributed by atoms with Gasteiger partial charge < -0.3 is 4.74 Å². The van der Waals surface area contributed by atoms with E-state index < -0.39 is 10.9 Å². The second-order valence-corrected chi connectivity index (χ2v) is 16.4. The smallest absolute Gasteiger partial charge is 0.196 e. The summed E-state index contributed by atoms with van der Waals surface area (Å²) < 4.78 is 10.4. The molecule has 0 saturated heterocycles. The second kappa shape index (κ2) is 12.0. The first-order valence-electron chi connectivity index (χ1n) is 15.8. The van der Waals surface area contributed by atoms with E-state index in [1.807, 2.05) is 66.7 Å². The van der Waals surface area contributed by atoms with Gasteiger partial charge in [-0.25, -0.2) is 0 Å². The highest BCUT2D eigenvalue weighted by molar-refractivity contribution is 7.97. The highest BCUT2D eigenvalue weighted by atomic mass is 32.2. The SMILES string of the molecule is Cc1ccc(C)c([S+](c2ccc3sc4ccccc4c(=O)c3c2)c2cc(C)c(Oc3ccc4sc5ccccc5c(=O)c4c3)cc2C)c1. The molecule has 3 nitrogen and oxygen atoms in total. The number of hydrogen-bond donors (Lipinski definition) is 0. The summed E-state index contributed by atoms with van der Waals surface area (Å²) in [6.45, 7) is 8.50. The van der Waals surface area contributed by atoms with E-state index in [1.54, 1.807) is 22.7 Å². The van der Waals surface area contributed by atoms with Crippen molar-refractivity contribution in [3.63, 3.8) is 0 Å². The Morgan fingerprint density at radius 3 is 1.77 bits per heavy atom. The first-order chi connectivity index (χ1) is 23.2. The molecule has 0 aliphatic rings. The van der Waals surface area contributed by atoms with Crippen LogP contribution in [0.1, 0.15) is 22.3 Å². The van der Waals surface area contributed by atoms with Crippen molar-refractivity contribution in [2.75, 3.05) is 0 Å². The van der Waals surface area contributed by atoms with E-state index in [1.165, 1.54) is 20.9 Å². The number of ether oxygens (including phenoxy) is 1. The Morgan fingerprint density at radius 1 is 0.500 bits per heavy atom. The molecule has 1 atom stereocenters. The molecule has 0 spiro atoms. The third-order valence-corrected chi connectivity index (χ3v) is 13.6. The van der Waals surface area contributed by atoms with Crippen LogP contribution in [0.5, 0.6) is 11.5 Å². The highest BCUT2D eigenvalue weighted by Crippen LogP contribution is 2.40. The number of benzene rings is 6. The summed E-state index contributed by atoms with van der Waals surface area (Å²) in [4.78, 5) is 30.6. The van der Waals surface area contributed by atoms with Crippen LogP contribution in [-0.4, -0.2) is 0 Å². The van der Waals surface area contributed by atoms with E-state index in [4.69, 9.17) is 4.74 Å². The van der Waals surface area contributed by atoms with Crippen molar-refractivity contribution in [2.24, 2.45) is 0 Å². The van der Waals surface area contributed by atoms with Crippen LogP contribution in [0.3, 0.4) is 0 Å². The molecule has 0 fully saturated rings. The molecule has 2 aromatic heterocycles. The lowest BCUT2D eigenvalue weighted by Crippen LogP contribution is -2.10. The van der Waals surface area contributed by atoms with E-state index in [0.29, 0.717) is 11.1 Å². The summed E-state index contributed by atoms with van der Waals surface area (Å²) in [6.07, 6.45) is 0. The number of aryl methyl sites for hydroxylation is 4. The minimum atomic E-state index is -0.476. The van der Waals surface area contributed by atoms with Gasteiger partial charge in [-0.2, -0.15) is 0 Å². The lowest BCUT2D eigenvalue weighted by atomic mass is 10.1. The topological polar surface area (TPSA) is 43.4 Å². The molecule has 8 rings (SSSR count). The molecule has 0 amide bonds. The van der Waals surface area contributed by atoms with Gasteiger partial charge in [-0.15, -0.1) is 22.7 Å². The minimum absolute atomic E-state index is 0.0241. The maximum atomic E-state index is 13.7. The van der Waals surface area contributed by atoms with Gasteiger partial charge in [-0.3, -0.25) is 9.59 Å². The molecule has 0 aliphatic heterocycles. The van der Waals surface area contributed by atoms with Gasteiger partial charge in [0.25, 0.3) is 0 Å². The van der Waals surface area contributed by atoms with Crippen LogP contribution in [0.2, 0.25) is 0 Å². The van der Waals surface area contributed by atoms with E-state index >= 15 is 0 Å². The Kier molecular flexibility index (Phi) is 7.67. The predicted octanol–water partition coefficient (Wildman–Crippen LogP) is 11.3. The van der Waals surface area contributed by atoms with Crippen LogP contribution in [0.25, 0.3) is 40.3 Å². The summed E-state index contributed by atoms with van der Waals surface area (Å²) in [6, 6.07) is 38.8. The van der Waals surface area contributed by atoms with Crippen LogP contribution in [-0.2, 0) is 10.9 Å². The Morgan fingerprint density at radius 2 is 1.08 bits per heavy atom. The van der Waals surface area contributed by atoms with Gasteiger partial charge in [-0.05, 0) is 106 Å². The molecule has 0 radical (unpaired) electrons. The standard InChI is InChI=1S/C42H31O3S3/c1-24-13-14-25(2)39(19-24)48(29-16-18-38-33(23-29)42(44)31-10-6-8-12-36(31)47-38)40-21-26(3)34(20-27(40)4)45-28-15-17-37-32(22-28)41(43)30-9-5-7-11-35(30)46-37/h5-23H,1-4H3/q+1. The van der Waals surface area contributed by atoms with E-state index in [2.05, 4.69) is 76.2 Å². The quantitative estimate of drug-likeness (QED) is 0.134. The molecule has 0 bridgehead atoms. The van der Waals surface area contributed by atoms with Gasteiger partial charge in [0.15, 0.2) is 25.5 Å². The van der Waals surface area contributed by atoms with Gasteiger partial charge >= 0.3 is 0 Å². The predicted molar refractivity (Wildman–Crippen MR) is 205 cm³/mol. The Hall–Kier alpha value is -4.75. The first-order valence-corrected chi connectivity index (χ1v) is 18.6. The molecule has 0 saturated carbocycles. The van der Waals surface area contributed by atoms with Crippen LogP contribution in [0, 0.1) is 27.7 Å². The number of hydrogen-bond acceptors (Lipinski definition) is 5. The van der Waals surface area contributed by atoms with Crippen LogP contribution in [0.4, 0.5) is 0 Å². The zero-order valence-corrected chi connectivity index (χ0v) is 29.4. The van der Waals surface area contributed by atoms with Gasteiger partial charge in [-0.1, -0.05) is 36.4 Å². The minimum Gasteiger partial charge on any atom is -0.457 e. The monoisotopic (exact) mass is 679 g/mol. The average Bonchev–Trinajstić information content (AvgIpc) is 3.09. The average molecular weight is 680 g/mol.